The van der Waals surface area contributed by atoms with Gasteiger partial charge in [0.1, 0.15) is 11.5 Å². The monoisotopic (exact) mass is 408 g/mol. The molecule has 0 saturated carbocycles. The van der Waals surface area contributed by atoms with Gasteiger partial charge in [-0.05, 0) is 42.8 Å². The highest BCUT2D eigenvalue weighted by atomic mass is 19.4. The van der Waals surface area contributed by atoms with E-state index in [9.17, 15) is 33.0 Å². The van der Waals surface area contributed by atoms with Gasteiger partial charge in [0.2, 0.25) is 0 Å². The van der Waals surface area contributed by atoms with Gasteiger partial charge in [0.05, 0.1) is 5.56 Å². The van der Waals surface area contributed by atoms with Gasteiger partial charge in [-0.25, -0.2) is 0 Å². The SMILES string of the molecule is O=C(c1ccc(C(F)(F)F)cc1)N1CCCN(C(=O)c2cc(O)cc(O)c2)CC1. The van der Waals surface area contributed by atoms with Crippen molar-refractivity contribution in [3.63, 3.8) is 0 Å². The fourth-order valence-corrected chi connectivity index (χ4v) is 3.21. The molecule has 9 heteroatoms. The second-order valence-electron chi connectivity index (χ2n) is 6.75. The van der Waals surface area contributed by atoms with Crippen LogP contribution in [0.3, 0.4) is 0 Å². The van der Waals surface area contributed by atoms with Crippen LogP contribution in [-0.4, -0.2) is 58.0 Å². The lowest BCUT2D eigenvalue weighted by Gasteiger charge is -2.22. The molecule has 1 heterocycles. The Balaban J connectivity index is 1.67. The maximum absolute atomic E-state index is 12.7. The highest BCUT2D eigenvalue weighted by Crippen LogP contribution is 2.29. The minimum atomic E-state index is -4.47. The Morgan fingerprint density at radius 2 is 1.24 bits per heavy atom. The lowest BCUT2D eigenvalue weighted by molar-refractivity contribution is -0.137. The van der Waals surface area contributed by atoms with Crippen LogP contribution in [0.2, 0.25) is 0 Å². The molecule has 0 aromatic heterocycles. The average molecular weight is 408 g/mol. The van der Waals surface area contributed by atoms with Crippen LogP contribution in [0.5, 0.6) is 11.5 Å². The van der Waals surface area contributed by atoms with Crippen molar-refractivity contribution in [1.29, 1.82) is 0 Å². The van der Waals surface area contributed by atoms with Crippen molar-refractivity contribution in [3.8, 4) is 11.5 Å². The maximum atomic E-state index is 12.7. The minimum absolute atomic E-state index is 0.130. The third-order valence-electron chi connectivity index (χ3n) is 4.68. The summed E-state index contributed by atoms with van der Waals surface area (Å²) in [5.41, 5.74) is -0.545. The van der Waals surface area contributed by atoms with Gasteiger partial charge in [0.25, 0.3) is 11.8 Å². The van der Waals surface area contributed by atoms with E-state index in [0.717, 1.165) is 30.3 Å². The second-order valence-corrected chi connectivity index (χ2v) is 6.75. The van der Waals surface area contributed by atoms with E-state index in [4.69, 9.17) is 0 Å². The number of hydrogen-bond acceptors (Lipinski definition) is 4. The molecule has 2 amide bonds. The number of halogens is 3. The number of phenolic OH excluding ortho intramolecular Hbond substituents is 2. The van der Waals surface area contributed by atoms with Crippen molar-refractivity contribution in [3.05, 3.63) is 59.2 Å². The van der Waals surface area contributed by atoms with Crippen molar-refractivity contribution in [2.45, 2.75) is 12.6 Å². The Hall–Kier alpha value is -3.23. The number of aromatic hydroxyl groups is 2. The summed E-state index contributed by atoms with van der Waals surface area (Å²) in [6.45, 7) is 1.17. The van der Waals surface area contributed by atoms with E-state index in [-0.39, 0.29) is 41.6 Å². The molecule has 29 heavy (non-hydrogen) atoms. The molecule has 0 atom stereocenters. The first-order chi connectivity index (χ1) is 13.6. The van der Waals surface area contributed by atoms with Crippen LogP contribution in [0.4, 0.5) is 13.2 Å². The highest BCUT2D eigenvalue weighted by Gasteiger charge is 2.31. The predicted molar refractivity (Wildman–Crippen MR) is 97.6 cm³/mol. The van der Waals surface area contributed by atoms with Crippen molar-refractivity contribution >= 4 is 11.8 Å². The van der Waals surface area contributed by atoms with Gasteiger partial charge in [-0.3, -0.25) is 9.59 Å². The molecule has 1 fully saturated rings. The van der Waals surface area contributed by atoms with E-state index >= 15 is 0 Å². The summed E-state index contributed by atoms with van der Waals surface area (Å²) < 4.78 is 38.0. The fourth-order valence-electron chi connectivity index (χ4n) is 3.21. The molecule has 1 aliphatic heterocycles. The van der Waals surface area contributed by atoms with Crippen LogP contribution in [-0.2, 0) is 6.18 Å². The number of rotatable bonds is 2. The first-order valence-electron chi connectivity index (χ1n) is 8.94. The normalized spacial score (nSPS) is 15.1. The molecule has 154 valence electrons. The number of benzene rings is 2. The molecule has 0 spiro atoms. The minimum Gasteiger partial charge on any atom is -0.508 e. The molecule has 3 rings (SSSR count). The summed E-state index contributed by atoms with van der Waals surface area (Å²) in [5, 5.41) is 19.1. The number of carbonyl (C=O) groups is 2. The van der Waals surface area contributed by atoms with Gasteiger partial charge in [-0.1, -0.05) is 0 Å². The van der Waals surface area contributed by atoms with Gasteiger partial charge in [-0.15, -0.1) is 0 Å². The predicted octanol–water partition coefficient (Wildman–Crippen LogP) is 3.10. The number of amides is 2. The summed E-state index contributed by atoms with van der Waals surface area (Å²) in [5.74, 6) is -1.26. The number of phenols is 2. The standard InChI is InChI=1S/C20H19F3N2O4/c21-20(22,23)15-4-2-13(3-5-15)18(28)24-6-1-7-25(9-8-24)19(29)14-10-16(26)12-17(27)11-14/h2-5,10-12,26-27H,1,6-9H2. The zero-order valence-electron chi connectivity index (χ0n) is 15.3. The molecule has 2 aromatic rings. The van der Waals surface area contributed by atoms with Crippen LogP contribution in [0, 0.1) is 0 Å². The number of carbonyl (C=O) groups excluding carboxylic acids is 2. The average Bonchev–Trinajstić information content (AvgIpc) is 2.91. The first-order valence-corrected chi connectivity index (χ1v) is 8.94. The first kappa shape index (κ1) is 20.5. The van der Waals surface area contributed by atoms with Crippen molar-refractivity contribution < 1.29 is 33.0 Å². The third-order valence-corrected chi connectivity index (χ3v) is 4.68. The van der Waals surface area contributed by atoms with Crippen LogP contribution >= 0.6 is 0 Å². The summed E-state index contributed by atoms with van der Waals surface area (Å²) >= 11 is 0. The second kappa shape index (κ2) is 8.02. The van der Waals surface area contributed by atoms with E-state index in [1.54, 1.807) is 0 Å². The molecule has 2 aromatic carbocycles. The Kier molecular flexibility index (Phi) is 5.67. The van der Waals surface area contributed by atoms with E-state index in [0.29, 0.717) is 19.5 Å². The molecule has 1 saturated heterocycles. The zero-order valence-corrected chi connectivity index (χ0v) is 15.3. The lowest BCUT2D eigenvalue weighted by atomic mass is 10.1. The van der Waals surface area contributed by atoms with Gasteiger partial charge in [0, 0.05) is 43.4 Å². The molecule has 0 aliphatic carbocycles. The molecule has 1 aliphatic rings. The number of alkyl halides is 3. The Morgan fingerprint density at radius 3 is 1.72 bits per heavy atom. The van der Waals surface area contributed by atoms with Crippen molar-refractivity contribution in [2.75, 3.05) is 26.2 Å². The van der Waals surface area contributed by atoms with Gasteiger partial charge in [0.15, 0.2) is 0 Å². The third kappa shape index (κ3) is 4.79. The van der Waals surface area contributed by atoms with Crippen LogP contribution < -0.4 is 0 Å². The smallest absolute Gasteiger partial charge is 0.416 e. The van der Waals surface area contributed by atoms with Crippen LogP contribution in [0.25, 0.3) is 0 Å². The highest BCUT2D eigenvalue weighted by molar-refractivity contribution is 5.96. The Morgan fingerprint density at radius 1 is 0.759 bits per heavy atom. The van der Waals surface area contributed by atoms with E-state index < -0.39 is 17.6 Å². The molecule has 0 radical (unpaired) electrons. The maximum Gasteiger partial charge on any atom is 0.416 e. The molecular formula is C20H19F3N2O4. The Bertz CT molecular complexity index is 893. The van der Waals surface area contributed by atoms with E-state index in [1.165, 1.54) is 21.9 Å². The quantitative estimate of drug-likeness (QED) is 0.800. The van der Waals surface area contributed by atoms with Crippen molar-refractivity contribution in [2.24, 2.45) is 0 Å². The van der Waals surface area contributed by atoms with Crippen LogP contribution in [0.15, 0.2) is 42.5 Å². The summed E-state index contributed by atoms with van der Waals surface area (Å²) in [4.78, 5) is 28.3. The summed E-state index contributed by atoms with van der Waals surface area (Å²) in [6, 6.07) is 7.65. The largest absolute Gasteiger partial charge is 0.508 e. The fraction of sp³-hybridized carbons (Fsp3) is 0.300. The van der Waals surface area contributed by atoms with E-state index in [1.807, 2.05) is 0 Å². The lowest BCUT2D eigenvalue weighted by Crippen LogP contribution is -2.37. The van der Waals surface area contributed by atoms with Gasteiger partial charge < -0.3 is 20.0 Å². The molecule has 2 N–H and O–H groups in total. The molecular weight excluding hydrogens is 389 g/mol. The summed E-state index contributed by atoms with van der Waals surface area (Å²) in [7, 11) is 0. The molecule has 0 unspecified atom stereocenters. The zero-order chi connectivity index (χ0) is 21.2. The van der Waals surface area contributed by atoms with Gasteiger partial charge in [-0.2, -0.15) is 13.2 Å². The van der Waals surface area contributed by atoms with Crippen molar-refractivity contribution in [1.82, 2.24) is 9.80 Å². The number of nitrogens with zero attached hydrogens (tertiary/aromatic N) is 2. The molecule has 0 bridgehead atoms. The Labute approximate surface area is 164 Å². The topological polar surface area (TPSA) is 81.1 Å². The van der Waals surface area contributed by atoms with Gasteiger partial charge >= 0.3 is 6.18 Å². The summed E-state index contributed by atoms with van der Waals surface area (Å²) in [6.07, 6.45) is -3.98. The van der Waals surface area contributed by atoms with E-state index in [2.05, 4.69) is 0 Å². The number of hydrogen-bond donors (Lipinski definition) is 2. The van der Waals surface area contributed by atoms with Crippen LogP contribution in [0.1, 0.15) is 32.7 Å². The molecule has 6 nitrogen and oxygen atoms in total.